The van der Waals surface area contributed by atoms with Crippen LogP contribution in [0.4, 0.5) is 5.69 Å². The molecule has 0 amide bonds. The molecule has 2 fully saturated rings. The molecule has 1 heteroatoms. The van der Waals surface area contributed by atoms with E-state index in [-0.39, 0.29) is 0 Å². The SMILES string of the molecule is CC(C)C1CC1c1ccc(N2CCCC2)cc1. The van der Waals surface area contributed by atoms with Crippen LogP contribution in [0, 0.1) is 11.8 Å². The number of hydrogen-bond donors (Lipinski definition) is 0. The fourth-order valence-electron chi connectivity index (χ4n) is 3.24. The smallest absolute Gasteiger partial charge is 0.0366 e. The normalized spacial score (nSPS) is 27.8. The van der Waals surface area contributed by atoms with Gasteiger partial charge in [-0.25, -0.2) is 0 Å². The van der Waals surface area contributed by atoms with Gasteiger partial charge in [0.05, 0.1) is 0 Å². The summed E-state index contributed by atoms with van der Waals surface area (Å²) < 4.78 is 0. The third-order valence-corrected chi connectivity index (χ3v) is 4.49. The number of nitrogens with zero attached hydrogens (tertiary/aromatic N) is 1. The molecule has 0 bridgehead atoms. The molecule has 1 aliphatic carbocycles. The van der Waals surface area contributed by atoms with E-state index in [0.29, 0.717) is 0 Å². The highest BCUT2D eigenvalue weighted by Gasteiger charge is 2.39. The second-order valence-electron chi connectivity index (χ2n) is 6.04. The van der Waals surface area contributed by atoms with Gasteiger partial charge in [-0.1, -0.05) is 26.0 Å². The molecule has 0 N–H and O–H groups in total. The van der Waals surface area contributed by atoms with Crippen molar-refractivity contribution in [2.24, 2.45) is 11.8 Å². The van der Waals surface area contributed by atoms with E-state index in [2.05, 4.69) is 43.0 Å². The lowest BCUT2D eigenvalue weighted by molar-refractivity contribution is 0.549. The molecule has 2 atom stereocenters. The van der Waals surface area contributed by atoms with Crippen molar-refractivity contribution in [1.29, 1.82) is 0 Å². The average Bonchev–Trinajstić information content (AvgIpc) is 2.97. The van der Waals surface area contributed by atoms with Crippen LogP contribution in [-0.4, -0.2) is 13.1 Å². The Bertz CT molecular complexity index is 373. The molecule has 1 saturated carbocycles. The molecule has 3 rings (SSSR count). The van der Waals surface area contributed by atoms with E-state index in [0.717, 1.165) is 17.8 Å². The highest BCUT2D eigenvalue weighted by atomic mass is 15.1. The molecule has 2 unspecified atom stereocenters. The van der Waals surface area contributed by atoms with Crippen molar-refractivity contribution in [3.63, 3.8) is 0 Å². The summed E-state index contributed by atoms with van der Waals surface area (Å²) >= 11 is 0. The van der Waals surface area contributed by atoms with Gasteiger partial charge in [0, 0.05) is 18.8 Å². The van der Waals surface area contributed by atoms with Gasteiger partial charge in [0.25, 0.3) is 0 Å². The number of anilines is 1. The Morgan fingerprint density at radius 1 is 1.06 bits per heavy atom. The molecular weight excluding hydrogens is 206 g/mol. The van der Waals surface area contributed by atoms with E-state index in [9.17, 15) is 0 Å². The van der Waals surface area contributed by atoms with Gasteiger partial charge in [-0.3, -0.25) is 0 Å². The predicted molar refractivity (Wildman–Crippen MR) is 73.6 cm³/mol. The van der Waals surface area contributed by atoms with Crippen molar-refractivity contribution in [3.05, 3.63) is 29.8 Å². The summed E-state index contributed by atoms with van der Waals surface area (Å²) in [5.74, 6) is 2.63. The summed E-state index contributed by atoms with van der Waals surface area (Å²) in [6.07, 6.45) is 4.13. The highest BCUT2D eigenvalue weighted by Crippen LogP contribution is 2.51. The van der Waals surface area contributed by atoms with Crippen molar-refractivity contribution in [2.45, 2.75) is 39.0 Å². The molecule has 1 aliphatic heterocycles. The van der Waals surface area contributed by atoms with Crippen LogP contribution in [0.2, 0.25) is 0 Å². The van der Waals surface area contributed by atoms with Crippen LogP contribution in [0.15, 0.2) is 24.3 Å². The van der Waals surface area contributed by atoms with E-state index in [1.54, 1.807) is 5.56 Å². The topological polar surface area (TPSA) is 3.24 Å². The Morgan fingerprint density at radius 2 is 1.71 bits per heavy atom. The summed E-state index contributed by atoms with van der Waals surface area (Å²) in [6.45, 7) is 7.20. The van der Waals surface area contributed by atoms with Crippen molar-refractivity contribution in [2.75, 3.05) is 18.0 Å². The molecule has 1 saturated heterocycles. The van der Waals surface area contributed by atoms with Gasteiger partial charge < -0.3 is 4.90 Å². The maximum absolute atomic E-state index is 2.51. The largest absolute Gasteiger partial charge is 0.372 e. The van der Waals surface area contributed by atoms with E-state index >= 15 is 0 Å². The first-order valence-corrected chi connectivity index (χ1v) is 7.10. The maximum Gasteiger partial charge on any atom is 0.0366 e. The standard InChI is InChI=1S/C16H23N/c1-12(2)15-11-16(15)13-5-7-14(8-6-13)17-9-3-4-10-17/h5-8,12,15-16H,3-4,9-11H2,1-2H3. The van der Waals surface area contributed by atoms with Gasteiger partial charge in [-0.05, 0) is 54.7 Å². The predicted octanol–water partition coefficient (Wildman–Crippen LogP) is 4.05. The molecule has 1 aromatic rings. The van der Waals surface area contributed by atoms with Crippen LogP contribution >= 0.6 is 0 Å². The Hall–Kier alpha value is -0.980. The molecule has 1 aromatic carbocycles. The van der Waals surface area contributed by atoms with Gasteiger partial charge in [-0.2, -0.15) is 0 Å². The van der Waals surface area contributed by atoms with Crippen LogP contribution in [0.5, 0.6) is 0 Å². The molecule has 0 radical (unpaired) electrons. The number of rotatable bonds is 3. The Balaban J connectivity index is 1.68. The fraction of sp³-hybridized carbons (Fsp3) is 0.625. The molecule has 1 nitrogen and oxygen atoms in total. The number of hydrogen-bond acceptors (Lipinski definition) is 1. The lowest BCUT2D eigenvalue weighted by atomic mass is 10.0. The minimum absolute atomic E-state index is 0.846. The van der Waals surface area contributed by atoms with Gasteiger partial charge >= 0.3 is 0 Å². The average molecular weight is 229 g/mol. The zero-order valence-electron chi connectivity index (χ0n) is 11.0. The molecular formula is C16H23N. The Labute approximate surface area is 105 Å². The minimum atomic E-state index is 0.846. The molecule has 92 valence electrons. The monoisotopic (exact) mass is 229 g/mol. The molecule has 17 heavy (non-hydrogen) atoms. The zero-order chi connectivity index (χ0) is 11.8. The van der Waals surface area contributed by atoms with Crippen molar-refractivity contribution in [1.82, 2.24) is 0 Å². The first-order valence-electron chi connectivity index (χ1n) is 7.10. The summed E-state index contributed by atoms with van der Waals surface area (Å²) in [7, 11) is 0. The van der Waals surface area contributed by atoms with Crippen LogP contribution in [0.1, 0.15) is 44.6 Å². The van der Waals surface area contributed by atoms with Crippen LogP contribution in [0.25, 0.3) is 0 Å². The first-order chi connectivity index (χ1) is 8.25. The van der Waals surface area contributed by atoms with Crippen molar-refractivity contribution >= 4 is 5.69 Å². The van der Waals surface area contributed by atoms with E-state index < -0.39 is 0 Å². The van der Waals surface area contributed by atoms with Crippen LogP contribution in [-0.2, 0) is 0 Å². The number of benzene rings is 1. The van der Waals surface area contributed by atoms with Gasteiger partial charge in [-0.15, -0.1) is 0 Å². The summed E-state index contributed by atoms with van der Waals surface area (Å²) in [5, 5.41) is 0. The molecule has 0 spiro atoms. The highest BCUT2D eigenvalue weighted by molar-refractivity contribution is 5.49. The third kappa shape index (κ3) is 2.20. The molecule has 2 aliphatic rings. The van der Waals surface area contributed by atoms with Crippen LogP contribution < -0.4 is 4.90 Å². The van der Waals surface area contributed by atoms with E-state index in [1.807, 2.05) is 0 Å². The zero-order valence-corrected chi connectivity index (χ0v) is 11.0. The third-order valence-electron chi connectivity index (χ3n) is 4.49. The summed E-state index contributed by atoms with van der Waals surface area (Å²) in [5.41, 5.74) is 2.99. The maximum atomic E-state index is 2.51. The Morgan fingerprint density at radius 3 is 2.24 bits per heavy atom. The lowest BCUT2D eigenvalue weighted by Crippen LogP contribution is -2.17. The van der Waals surface area contributed by atoms with Crippen molar-refractivity contribution < 1.29 is 0 Å². The first kappa shape index (κ1) is 11.1. The quantitative estimate of drug-likeness (QED) is 0.756. The van der Waals surface area contributed by atoms with Gasteiger partial charge in [0.1, 0.15) is 0 Å². The van der Waals surface area contributed by atoms with Crippen molar-refractivity contribution in [3.8, 4) is 0 Å². The van der Waals surface area contributed by atoms with E-state index in [4.69, 9.17) is 0 Å². The summed E-state index contributed by atoms with van der Waals surface area (Å²) in [6, 6.07) is 9.38. The molecule has 1 heterocycles. The van der Waals surface area contributed by atoms with Gasteiger partial charge in [0.2, 0.25) is 0 Å². The second kappa shape index (κ2) is 4.36. The lowest BCUT2D eigenvalue weighted by Gasteiger charge is -2.17. The summed E-state index contributed by atoms with van der Waals surface area (Å²) in [4.78, 5) is 2.51. The Kier molecular flexibility index (Phi) is 2.85. The van der Waals surface area contributed by atoms with E-state index in [1.165, 1.54) is 38.0 Å². The van der Waals surface area contributed by atoms with Crippen LogP contribution in [0.3, 0.4) is 0 Å². The van der Waals surface area contributed by atoms with Gasteiger partial charge in [0.15, 0.2) is 0 Å². The fourth-order valence-corrected chi connectivity index (χ4v) is 3.24. The molecule has 0 aromatic heterocycles. The minimum Gasteiger partial charge on any atom is -0.372 e. The second-order valence-corrected chi connectivity index (χ2v) is 6.04.